The average Bonchev–Trinajstić information content (AvgIpc) is 2.82. The average molecular weight is 446 g/mol. The lowest BCUT2D eigenvalue weighted by Gasteiger charge is -2.24. The van der Waals surface area contributed by atoms with Gasteiger partial charge < -0.3 is 4.90 Å². The highest BCUT2D eigenvalue weighted by molar-refractivity contribution is 9.13. The number of alkyl halides is 1. The van der Waals surface area contributed by atoms with Crippen molar-refractivity contribution in [1.29, 1.82) is 0 Å². The van der Waals surface area contributed by atoms with Crippen molar-refractivity contribution in [2.24, 2.45) is 5.92 Å². The third kappa shape index (κ3) is 2.80. The van der Waals surface area contributed by atoms with Crippen molar-refractivity contribution in [2.45, 2.75) is 19.4 Å². The zero-order valence-electron chi connectivity index (χ0n) is 9.25. The molecule has 2 atom stereocenters. The molecule has 0 radical (unpaired) electrons. The van der Waals surface area contributed by atoms with E-state index in [2.05, 4.69) is 54.7 Å². The molecule has 0 spiro atoms. The summed E-state index contributed by atoms with van der Waals surface area (Å²) in [5.41, 5.74) is 0. The Morgan fingerprint density at radius 1 is 1.59 bits per heavy atom. The largest absolute Gasteiger partial charge is 0.334 e. The number of rotatable bonds is 2. The SMILES string of the molecule is CC1CCN(C(=O)c2cc(Br)c(Br)s2)C1CBr. The van der Waals surface area contributed by atoms with E-state index < -0.39 is 0 Å². The molecular weight excluding hydrogens is 434 g/mol. The quantitative estimate of drug-likeness (QED) is 0.613. The highest BCUT2D eigenvalue weighted by atomic mass is 79.9. The molecule has 0 saturated carbocycles. The molecule has 2 heterocycles. The fourth-order valence-electron chi connectivity index (χ4n) is 2.09. The Kier molecular flexibility index (Phi) is 4.72. The van der Waals surface area contributed by atoms with Gasteiger partial charge in [0.25, 0.3) is 5.91 Å². The van der Waals surface area contributed by atoms with Crippen molar-refractivity contribution in [1.82, 2.24) is 4.90 Å². The maximum atomic E-state index is 12.4. The van der Waals surface area contributed by atoms with Crippen molar-refractivity contribution in [2.75, 3.05) is 11.9 Å². The van der Waals surface area contributed by atoms with E-state index in [1.165, 1.54) is 11.3 Å². The summed E-state index contributed by atoms with van der Waals surface area (Å²) in [4.78, 5) is 15.2. The van der Waals surface area contributed by atoms with Crippen LogP contribution in [0.4, 0.5) is 0 Å². The standard InChI is InChI=1S/C11H12Br3NOS/c1-6-2-3-15(8(6)5-12)11(16)9-4-7(13)10(14)17-9/h4,6,8H,2-3,5H2,1H3. The minimum absolute atomic E-state index is 0.148. The second-order valence-electron chi connectivity index (χ2n) is 4.22. The van der Waals surface area contributed by atoms with Crippen LogP contribution in [0.25, 0.3) is 0 Å². The predicted molar refractivity (Wildman–Crippen MR) is 82.1 cm³/mol. The number of hydrogen-bond acceptors (Lipinski definition) is 2. The number of thiophene rings is 1. The fraction of sp³-hybridized carbons (Fsp3) is 0.545. The van der Waals surface area contributed by atoms with Gasteiger partial charge in [0.15, 0.2) is 0 Å². The number of carbonyl (C=O) groups excluding carboxylic acids is 1. The maximum absolute atomic E-state index is 12.4. The zero-order valence-corrected chi connectivity index (χ0v) is 14.8. The Morgan fingerprint density at radius 3 is 2.82 bits per heavy atom. The summed E-state index contributed by atoms with van der Waals surface area (Å²) in [6.45, 7) is 3.07. The normalized spacial score (nSPS) is 24.4. The summed E-state index contributed by atoms with van der Waals surface area (Å²) < 4.78 is 1.93. The van der Waals surface area contributed by atoms with Crippen molar-refractivity contribution < 1.29 is 4.79 Å². The number of nitrogens with zero attached hydrogens (tertiary/aromatic N) is 1. The highest BCUT2D eigenvalue weighted by Gasteiger charge is 2.34. The number of carbonyl (C=O) groups is 1. The van der Waals surface area contributed by atoms with Crippen molar-refractivity contribution in [3.63, 3.8) is 0 Å². The van der Waals surface area contributed by atoms with Crippen LogP contribution in [0.1, 0.15) is 23.0 Å². The maximum Gasteiger partial charge on any atom is 0.264 e. The Hall–Kier alpha value is 0.610. The Balaban J connectivity index is 2.20. The third-order valence-electron chi connectivity index (χ3n) is 3.16. The molecule has 1 aromatic heterocycles. The van der Waals surface area contributed by atoms with Crippen LogP contribution in [0.3, 0.4) is 0 Å². The molecule has 1 aliphatic heterocycles. The van der Waals surface area contributed by atoms with Gasteiger partial charge in [-0.1, -0.05) is 22.9 Å². The first-order valence-corrected chi connectivity index (χ1v) is 8.88. The van der Waals surface area contributed by atoms with Gasteiger partial charge in [-0.05, 0) is 50.3 Å². The number of hydrogen-bond donors (Lipinski definition) is 0. The first kappa shape index (κ1) is 14.0. The van der Waals surface area contributed by atoms with E-state index in [0.717, 1.165) is 31.4 Å². The molecule has 1 amide bonds. The van der Waals surface area contributed by atoms with Gasteiger partial charge in [-0.3, -0.25) is 4.79 Å². The van der Waals surface area contributed by atoms with Gasteiger partial charge in [0.2, 0.25) is 0 Å². The van der Waals surface area contributed by atoms with Crippen molar-refractivity contribution >= 4 is 65.0 Å². The van der Waals surface area contributed by atoms with Crippen LogP contribution in [-0.4, -0.2) is 28.7 Å². The van der Waals surface area contributed by atoms with Crippen LogP contribution in [0.15, 0.2) is 14.3 Å². The molecule has 0 aromatic carbocycles. The molecule has 0 aliphatic carbocycles. The van der Waals surface area contributed by atoms with Crippen LogP contribution >= 0.6 is 59.1 Å². The van der Waals surface area contributed by atoms with Gasteiger partial charge in [0, 0.05) is 22.4 Å². The lowest BCUT2D eigenvalue weighted by Crippen LogP contribution is -2.38. The zero-order chi connectivity index (χ0) is 12.6. The van der Waals surface area contributed by atoms with Gasteiger partial charge in [-0.2, -0.15) is 0 Å². The first-order chi connectivity index (χ1) is 8.04. The summed E-state index contributed by atoms with van der Waals surface area (Å²) in [5.74, 6) is 0.723. The molecule has 1 saturated heterocycles. The number of amides is 1. The molecule has 1 aliphatic rings. The summed E-state index contributed by atoms with van der Waals surface area (Å²) in [5, 5.41) is 0.855. The molecule has 1 aromatic rings. The fourth-order valence-corrected chi connectivity index (χ4v) is 5.07. The van der Waals surface area contributed by atoms with E-state index in [0.29, 0.717) is 12.0 Å². The van der Waals surface area contributed by atoms with Crippen LogP contribution < -0.4 is 0 Å². The Labute approximate surface area is 130 Å². The molecule has 2 nitrogen and oxygen atoms in total. The van der Waals surface area contributed by atoms with Gasteiger partial charge in [-0.25, -0.2) is 0 Å². The van der Waals surface area contributed by atoms with E-state index in [1.807, 2.05) is 11.0 Å². The van der Waals surface area contributed by atoms with Gasteiger partial charge in [0.05, 0.1) is 8.66 Å². The Bertz CT molecular complexity index is 415. The summed E-state index contributed by atoms with van der Waals surface area (Å²) in [6, 6.07) is 2.22. The lowest BCUT2D eigenvalue weighted by molar-refractivity contribution is 0.0743. The van der Waals surface area contributed by atoms with E-state index >= 15 is 0 Å². The molecular formula is C11H12Br3NOS. The molecule has 0 bridgehead atoms. The van der Waals surface area contributed by atoms with Crippen molar-refractivity contribution in [3.05, 3.63) is 19.2 Å². The molecule has 6 heteroatoms. The predicted octanol–water partition coefficient (Wildman–Crippen LogP) is 4.52. The molecule has 2 unspecified atom stereocenters. The van der Waals surface area contributed by atoms with Gasteiger partial charge >= 0.3 is 0 Å². The smallest absolute Gasteiger partial charge is 0.264 e. The summed E-state index contributed by atoms with van der Waals surface area (Å²) in [6.07, 6.45) is 1.09. The van der Waals surface area contributed by atoms with Crippen LogP contribution in [0.2, 0.25) is 0 Å². The minimum Gasteiger partial charge on any atom is -0.334 e. The molecule has 0 N–H and O–H groups in total. The summed E-state index contributed by atoms with van der Waals surface area (Å²) >= 11 is 11.8. The van der Waals surface area contributed by atoms with E-state index in [1.54, 1.807) is 0 Å². The lowest BCUT2D eigenvalue weighted by atomic mass is 10.1. The molecule has 1 fully saturated rings. The third-order valence-corrected chi connectivity index (χ3v) is 7.07. The molecule has 17 heavy (non-hydrogen) atoms. The van der Waals surface area contributed by atoms with E-state index in [4.69, 9.17) is 0 Å². The Morgan fingerprint density at radius 2 is 2.29 bits per heavy atom. The highest BCUT2D eigenvalue weighted by Crippen LogP contribution is 2.35. The second kappa shape index (κ2) is 5.72. The van der Waals surface area contributed by atoms with Crippen LogP contribution in [0, 0.1) is 5.92 Å². The monoisotopic (exact) mass is 443 g/mol. The topological polar surface area (TPSA) is 20.3 Å². The summed E-state index contributed by atoms with van der Waals surface area (Å²) in [7, 11) is 0. The molecule has 94 valence electrons. The first-order valence-electron chi connectivity index (χ1n) is 5.36. The minimum atomic E-state index is 0.148. The van der Waals surface area contributed by atoms with E-state index in [-0.39, 0.29) is 5.91 Å². The van der Waals surface area contributed by atoms with Crippen LogP contribution in [0.5, 0.6) is 0 Å². The van der Waals surface area contributed by atoms with E-state index in [9.17, 15) is 4.79 Å². The van der Waals surface area contributed by atoms with Gasteiger partial charge in [0.1, 0.15) is 0 Å². The molecule has 2 rings (SSSR count). The number of halogens is 3. The second-order valence-corrected chi connectivity index (χ2v) is 8.09. The number of likely N-dealkylation sites (tertiary alicyclic amines) is 1. The van der Waals surface area contributed by atoms with Crippen molar-refractivity contribution in [3.8, 4) is 0 Å². The van der Waals surface area contributed by atoms with Gasteiger partial charge in [-0.15, -0.1) is 11.3 Å². The van der Waals surface area contributed by atoms with Crippen LogP contribution in [-0.2, 0) is 0 Å².